The van der Waals surface area contributed by atoms with Crippen LogP contribution in [0.5, 0.6) is 0 Å². The molecule has 2 N–H and O–H groups in total. The van der Waals surface area contributed by atoms with Gasteiger partial charge in [0, 0.05) is 24.5 Å². The Hall–Kier alpha value is -1.13. The van der Waals surface area contributed by atoms with E-state index in [1.807, 2.05) is 0 Å². The average Bonchev–Trinajstić information content (AvgIpc) is 2.35. The average molecular weight is 239 g/mol. The van der Waals surface area contributed by atoms with Crippen molar-refractivity contribution in [2.24, 2.45) is 5.92 Å². The molecular formula is C13H18FNO2. The third kappa shape index (κ3) is 3.68. The normalized spacial score (nSPS) is 17.2. The van der Waals surface area contributed by atoms with Crippen LogP contribution in [0.2, 0.25) is 0 Å². The van der Waals surface area contributed by atoms with Crippen LogP contribution in [0.25, 0.3) is 0 Å². The zero-order chi connectivity index (χ0) is 12.1. The molecule has 1 heterocycles. The van der Waals surface area contributed by atoms with Crippen molar-refractivity contribution in [3.05, 3.63) is 29.6 Å². The molecule has 0 spiro atoms. The van der Waals surface area contributed by atoms with Crippen LogP contribution in [-0.4, -0.2) is 19.8 Å². The molecule has 4 heteroatoms. The number of halogens is 1. The molecular weight excluding hydrogens is 221 g/mol. The van der Waals surface area contributed by atoms with Crippen LogP contribution in [0.15, 0.2) is 18.2 Å². The molecule has 1 aliphatic heterocycles. The summed E-state index contributed by atoms with van der Waals surface area (Å²) in [6, 6.07) is 4.36. The fourth-order valence-corrected chi connectivity index (χ4v) is 1.95. The van der Waals surface area contributed by atoms with Crippen LogP contribution < -0.4 is 5.73 Å². The number of rotatable bonds is 4. The lowest BCUT2D eigenvalue weighted by Crippen LogP contribution is -2.20. The summed E-state index contributed by atoms with van der Waals surface area (Å²) in [5.74, 6) is 0.280. The predicted molar refractivity (Wildman–Crippen MR) is 64.0 cm³/mol. The molecule has 1 aliphatic rings. The van der Waals surface area contributed by atoms with Gasteiger partial charge in [0.05, 0.1) is 13.2 Å². The SMILES string of the molecule is Nc1ccc(F)cc1COCC1CCOCC1. The van der Waals surface area contributed by atoms with Crippen molar-refractivity contribution in [1.29, 1.82) is 0 Å². The molecule has 0 atom stereocenters. The molecule has 3 nitrogen and oxygen atoms in total. The topological polar surface area (TPSA) is 44.5 Å². The highest BCUT2D eigenvalue weighted by Gasteiger charge is 2.13. The van der Waals surface area contributed by atoms with Gasteiger partial charge in [-0.15, -0.1) is 0 Å². The lowest BCUT2D eigenvalue weighted by atomic mass is 10.0. The quantitative estimate of drug-likeness (QED) is 0.820. The smallest absolute Gasteiger partial charge is 0.123 e. The first-order valence-corrected chi connectivity index (χ1v) is 5.95. The molecule has 0 aliphatic carbocycles. The van der Waals surface area contributed by atoms with Crippen LogP contribution in [0, 0.1) is 11.7 Å². The van der Waals surface area contributed by atoms with Crippen LogP contribution in [0.4, 0.5) is 10.1 Å². The molecule has 1 saturated heterocycles. The largest absolute Gasteiger partial charge is 0.398 e. The molecule has 94 valence electrons. The van der Waals surface area contributed by atoms with Crippen molar-refractivity contribution in [1.82, 2.24) is 0 Å². The highest BCUT2D eigenvalue weighted by atomic mass is 19.1. The predicted octanol–water partition coefficient (Wildman–Crippen LogP) is 2.35. The maximum Gasteiger partial charge on any atom is 0.123 e. The first kappa shape index (κ1) is 12.3. The van der Waals surface area contributed by atoms with E-state index in [0.29, 0.717) is 24.8 Å². The van der Waals surface area contributed by atoms with Crippen molar-refractivity contribution in [2.75, 3.05) is 25.6 Å². The first-order valence-electron chi connectivity index (χ1n) is 5.95. The molecule has 0 unspecified atom stereocenters. The van der Waals surface area contributed by atoms with Crippen molar-refractivity contribution in [3.8, 4) is 0 Å². The Bertz CT molecular complexity index is 364. The van der Waals surface area contributed by atoms with Crippen LogP contribution in [0.3, 0.4) is 0 Å². The summed E-state index contributed by atoms with van der Waals surface area (Å²) in [6.07, 6.45) is 2.08. The van der Waals surface area contributed by atoms with Gasteiger partial charge in [0.25, 0.3) is 0 Å². The zero-order valence-corrected chi connectivity index (χ0v) is 9.82. The number of ether oxygens (including phenoxy) is 2. The summed E-state index contributed by atoms with van der Waals surface area (Å²) in [5, 5.41) is 0. The molecule has 0 aromatic heterocycles. The highest BCUT2D eigenvalue weighted by Crippen LogP contribution is 2.18. The summed E-state index contributed by atoms with van der Waals surface area (Å²) in [7, 11) is 0. The van der Waals surface area contributed by atoms with E-state index in [1.54, 1.807) is 6.07 Å². The Morgan fingerprint density at radius 1 is 1.35 bits per heavy atom. The maximum absolute atomic E-state index is 13.0. The van der Waals surface area contributed by atoms with E-state index in [9.17, 15) is 4.39 Å². The van der Waals surface area contributed by atoms with Crippen molar-refractivity contribution in [3.63, 3.8) is 0 Å². The van der Waals surface area contributed by atoms with E-state index in [2.05, 4.69) is 0 Å². The minimum absolute atomic E-state index is 0.274. The van der Waals surface area contributed by atoms with Gasteiger partial charge >= 0.3 is 0 Å². The van der Waals surface area contributed by atoms with Gasteiger partial charge in [0.15, 0.2) is 0 Å². The Morgan fingerprint density at radius 3 is 2.88 bits per heavy atom. The summed E-state index contributed by atoms with van der Waals surface area (Å²) in [4.78, 5) is 0. The van der Waals surface area contributed by atoms with Crippen molar-refractivity contribution < 1.29 is 13.9 Å². The van der Waals surface area contributed by atoms with E-state index in [1.165, 1.54) is 12.1 Å². The number of hydrogen-bond acceptors (Lipinski definition) is 3. The Balaban J connectivity index is 1.79. The van der Waals surface area contributed by atoms with E-state index in [4.69, 9.17) is 15.2 Å². The Kier molecular flexibility index (Phi) is 4.34. The monoisotopic (exact) mass is 239 g/mol. The van der Waals surface area contributed by atoms with Crippen molar-refractivity contribution in [2.45, 2.75) is 19.4 Å². The summed E-state index contributed by atoms with van der Waals surface area (Å²) >= 11 is 0. The van der Waals surface area contributed by atoms with Gasteiger partial charge in [-0.1, -0.05) is 0 Å². The number of benzene rings is 1. The van der Waals surface area contributed by atoms with E-state index < -0.39 is 0 Å². The zero-order valence-electron chi connectivity index (χ0n) is 9.82. The number of nitrogens with two attached hydrogens (primary N) is 1. The lowest BCUT2D eigenvalue weighted by molar-refractivity contribution is 0.0158. The van der Waals surface area contributed by atoms with Gasteiger partial charge in [-0.25, -0.2) is 4.39 Å². The summed E-state index contributed by atoms with van der Waals surface area (Å²) in [5.41, 5.74) is 7.04. The number of nitrogen functional groups attached to an aromatic ring is 1. The number of anilines is 1. The van der Waals surface area contributed by atoms with Crippen LogP contribution >= 0.6 is 0 Å². The molecule has 0 amide bonds. The van der Waals surface area contributed by atoms with Gasteiger partial charge in [-0.05, 0) is 37.0 Å². The Labute approximate surface area is 101 Å². The molecule has 0 radical (unpaired) electrons. The highest BCUT2D eigenvalue weighted by molar-refractivity contribution is 5.46. The van der Waals surface area contributed by atoms with Gasteiger partial charge in [0.1, 0.15) is 5.82 Å². The summed E-state index contributed by atoms with van der Waals surface area (Å²) in [6.45, 7) is 2.70. The van der Waals surface area contributed by atoms with Gasteiger partial charge < -0.3 is 15.2 Å². The second-order valence-corrected chi connectivity index (χ2v) is 4.41. The van der Waals surface area contributed by atoms with Crippen LogP contribution in [0.1, 0.15) is 18.4 Å². The van der Waals surface area contributed by atoms with Crippen LogP contribution in [-0.2, 0) is 16.1 Å². The molecule has 1 aromatic carbocycles. The van der Waals surface area contributed by atoms with Gasteiger partial charge in [-0.2, -0.15) is 0 Å². The third-order valence-corrected chi connectivity index (χ3v) is 3.06. The second kappa shape index (κ2) is 5.98. The molecule has 2 rings (SSSR count). The minimum atomic E-state index is -0.274. The lowest BCUT2D eigenvalue weighted by Gasteiger charge is -2.21. The summed E-state index contributed by atoms with van der Waals surface area (Å²) < 4.78 is 23.9. The molecule has 0 saturated carbocycles. The molecule has 17 heavy (non-hydrogen) atoms. The molecule has 0 bridgehead atoms. The third-order valence-electron chi connectivity index (χ3n) is 3.06. The maximum atomic E-state index is 13.0. The van der Waals surface area contributed by atoms with Gasteiger partial charge in [0.2, 0.25) is 0 Å². The van der Waals surface area contributed by atoms with E-state index >= 15 is 0 Å². The number of hydrogen-bond donors (Lipinski definition) is 1. The molecule has 1 fully saturated rings. The van der Waals surface area contributed by atoms with Crippen molar-refractivity contribution >= 4 is 5.69 Å². The molecule has 1 aromatic rings. The second-order valence-electron chi connectivity index (χ2n) is 4.41. The fraction of sp³-hybridized carbons (Fsp3) is 0.538. The first-order chi connectivity index (χ1) is 8.25. The van der Waals surface area contributed by atoms with Gasteiger partial charge in [-0.3, -0.25) is 0 Å². The Morgan fingerprint density at radius 2 is 2.12 bits per heavy atom. The fourth-order valence-electron chi connectivity index (χ4n) is 1.95. The van der Waals surface area contributed by atoms with E-state index in [-0.39, 0.29) is 5.82 Å². The minimum Gasteiger partial charge on any atom is -0.398 e. The standard InChI is InChI=1S/C13H18FNO2/c14-12-1-2-13(15)11(7-12)9-17-8-10-3-5-16-6-4-10/h1-2,7,10H,3-6,8-9,15H2. The van der Waals surface area contributed by atoms with E-state index in [0.717, 1.165) is 31.6 Å².